The van der Waals surface area contributed by atoms with Gasteiger partial charge in [-0.1, -0.05) is 20.8 Å². The Morgan fingerprint density at radius 3 is 2.63 bits per heavy atom. The van der Waals surface area contributed by atoms with Crippen molar-refractivity contribution in [3.63, 3.8) is 0 Å². The molecule has 2 aromatic heterocycles. The smallest absolute Gasteiger partial charge is 0.203 e. The third-order valence-corrected chi connectivity index (χ3v) is 3.56. The average molecular weight is 276 g/mol. The Morgan fingerprint density at radius 2 is 2.00 bits per heavy atom. The molecule has 4 nitrogen and oxygen atoms in total. The van der Waals surface area contributed by atoms with Crippen molar-refractivity contribution in [2.45, 2.75) is 39.7 Å². The van der Waals surface area contributed by atoms with Crippen LogP contribution in [0.5, 0.6) is 0 Å². The molecule has 1 N–H and O–H groups in total. The second kappa shape index (κ2) is 6.61. The predicted molar refractivity (Wildman–Crippen MR) is 79.3 cm³/mol. The molecule has 0 aliphatic rings. The third-order valence-electron chi connectivity index (χ3n) is 2.87. The van der Waals surface area contributed by atoms with E-state index in [9.17, 15) is 0 Å². The normalized spacial score (nSPS) is 12.6. The van der Waals surface area contributed by atoms with Gasteiger partial charge in [0.25, 0.3) is 0 Å². The van der Waals surface area contributed by atoms with Crippen molar-refractivity contribution in [1.29, 1.82) is 0 Å². The summed E-state index contributed by atoms with van der Waals surface area (Å²) in [4.78, 5) is 8.60. The number of nitrogens with one attached hydrogen (secondary N) is 1. The summed E-state index contributed by atoms with van der Waals surface area (Å²) in [5.74, 6) is 1.52. The molecule has 5 heteroatoms. The molecule has 2 heterocycles. The lowest BCUT2D eigenvalue weighted by atomic mass is 10.1. The molecule has 19 heavy (non-hydrogen) atoms. The number of pyridine rings is 1. The molecule has 2 rings (SSSR count). The predicted octanol–water partition coefficient (Wildman–Crippen LogP) is 3.69. The molecular weight excluding hydrogens is 256 g/mol. The average Bonchev–Trinajstić information content (AvgIpc) is 2.83. The first-order valence-electron chi connectivity index (χ1n) is 6.68. The molecule has 2 aromatic rings. The van der Waals surface area contributed by atoms with Gasteiger partial charge in [0.2, 0.25) is 5.13 Å². The van der Waals surface area contributed by atoms with Gasteiger partial charge >= 0.3 is 0 Å². The first kappa shape index (κ1) is 13.9. The first-order chi connectivity index (χ1) is 9.19. The van der Waals surface area contributed by atoms with Gasteiger partial charge in [0.15, 0.2) is 0 Å². The van der Waals surface area contributed by atoms with Gasteiger partial charge in [0.05, 0.1) is 6.04 Å². The van der Waals surface area contributed by atoms with Gasteiger partial charge in [-0.15, -0.1) is 0 Å². The number of anilines is 1. The van der Waals surface area contributed by atoms with Crippen LogP contribution in [0.15, 0.2) is 24.5 Å². The minimum absolute atomic E-state index is 0.267. The topological polar surface area (TPSA) is 50.7 Å². The Hall–Kier alpha value is -1.49. The molecule has 0 fully saturated rings. The zero-order chi connectivity index (χ0) is 13.7. The quantitative estimate of drug-likeness (QED) is 0.874. The lowest BCUT2D eigenvalue weighted by Crippen LogP contribution is -2.09. The van der Waals surface area contributed by atoms with E-state index in [0.717, 1.165) is 23.8 Å². The van der Waals surface area contributed by atoms with Crippen LogP contribution in [-0.4, -0.2) is 14.3 Å². The number of hydrogen-bond acceptors (Lipinski definition) is 5. The molecule has 0 aliphatic heterocycles. The Labute approximate surface area is 118 Å². The molecule has 1 atom stereocenters. The van der Waals surface area contributed by atoms with E-state index in [1.807, 2.05) is 24.5 Å². The summed E-state index contributed by atoms with van der Waals surface area (Å²) in [7, 11) is 0. The van der Waals surface area contributed by atoms with E-state index in [0.29, 0.717) is 5.92 Å². The highest BCUT2D eigenvalue weighted by Gasteiger charge is 2.12. The molecule has 0 saturated carbocycles. The molecule has 102 valence electrons. The highest BCUT2D eigenvalue weighted by atomic mass is 32.1. The van der Waals surface area contributed by atoms with Crippen molar-refractivity contribution in [2.24, 2.45) is 5.92 Å². The summed E-state index contributed by atoms with van der Waals surface area (Å²) < 4.78 is 4.39. The van der Waals surface area contributed by atoms with E-state index in [1.165, 1.54) is 17.1 Å². The maximum absolute atomic E-state index is 4.54. The third kappa shape index (κ3) is 3.99. The van der Waals surface area contributed by atoms with Gasteiger partial charge < -0.3 is 5.32 Å². The van der Waals surface area contributed by atoms with E-state index in [-0.39, 0.29) is 6.04 Å². The van der Waals surface area contributed by atoms with E-state index < -0.39 is 0 Å². The van der Waals surface area contributed by atoms with Gasteiger partial charge in [-0.05, 0) is 30.0 Å². The zero-order valence-electron chi connectivity index (χ0n) is 11.6. The maximum Gasteiger partial charge on any atom is 0.203 e. The number of aromatic nitrogens is 3. The van der Waals surface area contributed by atoms with Gasteiger partial charge in [-0.2, -0.15) is 4.37 Å². The second-order valence-corrected chi connectivity index (χ2v) is 5.75. The van der Waals surface area contributed by atoms with Crippen LogP contribution in [0, 0.1) is 5.92 Å². The van der Waals surface area contributed by atoms with Crippen LogP contribution in [0.25, 0.3) is 0 Å². The van der Waals surface area contributed by atoms with Crippen molar-refractivity contribution < 1.29 is 0 Å². The van der Waals surface area contributed by atoms with E-state index in [4.69, 9.17) is 0 Å². The Bertz CT molecular complexity index is 495. The fourth-order valence-electron chi connectivity index (χ4n) is 1.93. The molecule has 0 aliphatic carbocycles. The Balaban J connectivity index is 2.04. The fourth-order valence-corrected chi connectivity index (χ4v) is 2.57. The second-order valence-electron chi connectivity index (χ2n) is 5.00. The lowest BCUT2D eigenvalue weighted by Gasteiger charge is -2.15. The van der Waals surface area contributed by atoms with E-state index in [1.54, 1.807) is 0 Å². The van der Waals surface area contributed by atoms with Crippen LogP contribution in [-0.2, 0) is 6.42 Å². The molecule has 0 radical (unpaired) electrons. The SMILES string of the molecule is CCC(Nc1nc(CC(C)C)ns1)c1ccncc1. The van der Waals surface area contributed by atoms with Crippen molar-refractivity contribution in [3.05, 3.63) is 35.9 Å². The van der Waals surface area contributed by atoms with Gasteiger partial charge in [-0.25, -0.2) is 4.98 Å². The molecule has 0 aromatic carbocycles. The molecule has 1 unspecified atom stereocenters. The van der Waals surface area contributed by atoms with Crippen molar-refractivity contribution in [3.8, 4) is 0 Å². The van der Waals surface area contributed by atoms with Crippen molar-refractivity contribution in [2.75, 3.05) is 5.32 Å². The molecule has 0 amide bonds. The highest BCUT2D eigenvalue weighted by Crippen LogP contribution is 2.23. The van der Waals surface area contributed by atoms with Crippen LogP contribution in [0.4, 0.5) is 5.13 Å². The summed E-state index contributed by atoms with van der Waals surface area (Å²) in [6.07, 6.45) is 5.58. The molecular formula is C14H20N4S. The maximum atomic E-state index is 4.54. The van der Waals surface area contributed by atoms with Gasteiger partial charge in [0.1, 0.15) is 5.82 Å². The summed E-state index contributed by atoms with van der Waals surface area (Å²) >= 11 is 1.44. The molecule has 0 spiro atoms. The van der Waals surface area contributed by atoms with Crippen LogP contribution in [0.2, 0.25) is 0 Å². The van der Waals surface area contributed by atoms with Crippen LogP contribution < -0.4 is 5.32 Å². The standard InChI is InChI=1S/C14H20N4S/c1-4-12(11-5-7-15-8-6-11)16-14-17-13(18-19-14)9-10(2)3/h5-8,10,12H,4,9H2,1-3H3,(H,16,17,18). The van der Waals surface area contributed by atoms with Gasteiger partial charge in [-0.3, -0.25) is 4.98 Å². The van der Waals surface area contributed by atoms with Crippen LogP contribution in [0.1, 0.15) is 44.6 Å². The zero-order valence-corrected chi connectivity index (χ0v) is 12.4. The summed E-state index contributed by atoms with van der Waals surface area (Å²) in [6, 6.07) is 4.34. The summed E-state index contributed by atoms with van der Waals surface area (Å²) in [5.41, 5.74) is 1.23. The minimum atomic E-state index is 0.267. The van der Waals surface area contributed by atoms with E-state index in [2.05, 4.69) is 40.4 Å². The number of hydrogen-bond donors (Lipinski definition) is 1. The largest absolute Gasteiger partial charge is 0.353 e. The summed E-state index contributed by atoms with van der Waals surface area (Å²) in [5, 5.41) is 4.36. The monoisotopic (exact) mass is 276 g/mol. The van der Waals surface area contributed by atoms with Crippen LogP contribution >= 0.6 is 11.5 Å². The number of nitrogens with zero attached hydrogens (tertiary/aromatic N) is 3. The van der Waals surface area contributed by atoms with Gasteiger partial charge in [0, 0.05) is 30.3 Å². The minimum Gasteiger partial charge on any atom is -0.353 e. The Morgan fingerprint density at radius 1 is 1.26 bits per heavy atom. The fraction of sp³-hybridized carbons (Fsp3) is 0.500. The lowest BCUT2D eigenvalue weighted by molar-refractivity contribution is 0.627. The Kier molecular flexibility index (Phi) is 4.85. The highest BCUT2D eigenvalue weighted by molar-refractivity contribution is 7.09. The van der Waals surface area contributed by atoms with Crippen molar-refractivity contribution >= 4 is 16.7 Å². The van der Waals surface area contributed by atoms with Crippen LogP contribution in [0.3, 0.4) is 0 Å². The molecule has 0 saturated heterocycles. The molecule has 0 bridgehead atoms. The van der Waals surface area contributed by atoms with E-state index >= 15 is 0 Å². The van der Waals surface area contributed by atoms with Crippen molar-refractivity contribution in [1.82, 2.24) is 14.3 Å². The number of rotatable bonds is 6. The first-order valence-corrected chi connectivity index (χ1v) is 7.45. The summed E-state index contributed by atoms with van der Waals surface area (Å²) in [6.45, 7) is 6.52.